The molecule has 40 heavy (non-hydrogen) atoms. The lowest BCUT2D eigenvalue weighted by Crippen LogP contribution is -2.50. The van der Waals surface area contributed by atoms with E-state index in [0.717, 1.165) is 33.6 Å². The van der Waals surface area contributed by atoms with Gasteiger partial charge in [-0.1, -0.05) is 47.5 Å². The monoisotopic (exact) mass is 576 g/mol. The van der Waals surface area contributed by atoms with E-state index in [4.69, 9.17) is 23.2 Å². The number of phenolic OH excluding ortho intramolecular Hbond substituents is 2. The van der Waals surface area contributed by atoms with Crippen LogP contribution in [0.5, 0.6) is 11.5 Å². The molecule has 0 aliphatic carbocycles. The highest BCUT2D eigenvalue weighted by molar-refractivity contribution is 6.31. The van der Waals surface area contributed by atoms with Gasteiger partial charge in [-0.2, -0.15) is 0 Å². The maximum atomic E-state index is 11.9. The summed E-state index contributed by atoms with van der Waals surface area (Å²) in [6.45, 7) is 3.82. The Kier molecular flexibility index (Phi) is 6.99. The number of aromatic hydroxyl groups is 2. The number of anilines is 2. The minimum absolute atomic E-state index is 0.184. The molecular formula is C30H26Cl2N4O4. The highest BCUT2D eigenvalue weighted by atomic mass is 35.5. The Balaban J connectivity index is 0.000000161. The molecule has 0 saturated carbocycles. The fourth-order valence-corrected chi connectivity index (χ4v) is 5.36. The average molecular weight is 577 g/mol. The fraction of sp³-hybridized carbons (Fsp3) is 0.133. The van der Waals surface area contributed by atoms with Gasteiger partial charge in [-0.25, -0.2) is 9.59 Å². The van der Waals surface area contributed by atoms with Crippen LogP contribution < -0.4 is 21.3 Å². The standard InChI is InChI=1S/2C15H13ClN2O2/c2*1-15(9-2-5-11(19)6-3-9)12-8-10(16)4-7-13(12)17-14(20)18-15/h2*2-8,19H,1H3,(H2,17,18,20)/t2*15-/m10/s1. The van der Waals surface area contributed by atoms with Crippen molar-refractivity contribution in [2.75, 3.05) is 10.6 Å². The Morgan fingerprint density at radius 2 is 0.925 bits per heavy atom. The van der Waals surface area contributed by atoms with Crippen molar-refractivity contribution in [1.29, 1.82) is 0 Å². The number of hydrogen-bond donors (Lipinski definition) is 6. The average Bonchev–Trinajstić information content (AvgIpc) is 2.90. The van der Waals surface area contributed by atoms with Gasteiger partial charge in [0.05, 0.1) is 11.1 Å². The fourth-order valence-electron chi connectivity index (χ4n) is 5.02. The van der Waals surface area contributed by atoms with Crippen LogP contribution in [-0.4, -0.2) is 22.3 Å². The number of hydrogen-bond acceptors (Lipinski definition) is 4. The van der Waals surface area contributed by atoms with Gasteiger partial charge in [-0.05, 0) is 85.6 Å². The number of carbonyl (C=O) groups is 2. The Hall–Kier alpha value is -4.40. The summed E-state index contributed by atoms with van der Waals surface area (Å²) >= 11 is 12.1. The molecule has 0 aromatic heterocycles. The van der Waals surface area contributed by atoms with Crippen LogP contribution in [0.1, 0.15) is 36.1 Å². The second kappa shape index (κ2) is 10.3. The zero-order chi connectivity index (χ0) is 28.7. The molecule has 0 saturated heterocycles. The SMILES string of the molecule is C[C@@]1(c2ccc(O)cc2)NC(=O)Nc2ccc(Cl)cc21.C[C@]1(c2ccc(O)cc2)NC(=O)Nc2ccc(Cl)cc21. The van der Waals surface area contributed by atoms with Crippen molar-refractivity contribution in [3.63, 3.8) is 0 Å². The number of nitrogens with one attached hydrogen (secondary N) is 4. The van der Waals surface area contributed by atoms with Gasteiger partial charge < -0.3 is 31.5 Å². The summed E-state index contributed by atoms with van der Waals surface area (Å²) in [5, 5.41) is 31.4. The van der Waals surface area contributed by atoms with Crippen molar-refractivity contribution < 1.29 is 19.8 Å². The maximum absolute atomic E-state index is 11.9. The number of phenols is 2. The normalized spacial score (nSPS) is 20.8. The van der Waals surface area contributed by atoms with E-state index < -0.39 is 11.1 Å². The second-order valence-corrected chi connectivity index (χ2v) is 10.8. The van der Waals surface area contributed by atoms with E-state index in [0.29, 0.717) is 10.0 Å². The maximum Gasteiger partial charge on any atom is 0.320 e. The lowest BCUT2D eigenvalue weighted by atomic mass is 9.82. The summed E-state index contributed by atoms with van der Waals surface area (Å²) in [5.41, 5.74) is 3.57. The van der Waals surface area contributed by atoms with Crippen molar-refractivity contribution in [2.24, 2.45) is 0 Å². The van der Waals surface area contributed by atoms with Crippen molar-refractivity contribution in [2.45, 2.75) is 24.9 Å². The summed E-state index contributed by atoms with van der Waals surface area (Å²) in [7, 11) is 0. The molecule has 0 fully saturated rings. The van der Waals surface area contributed by atoms with Gasteiger partial charge in [0.2, 0.25) is 0 Å². The second-order valence-electron chi connectivity index (χ2n) is 9.88. The number of urea groups is 2. The number of halogens is 2. The topological polar surface area (TPSA) is 123 Å². The van der Waals surface area contributed by atoms with Crippen LogP contribution in [0.4, 0.5) is 21.0 Å². The van der Waals surface area contributed by atoms with E-state index in [1.807, 2.05) is 26.0 Å². The molecule has 10 heteroatoms. The Morgan fingerprint density at radius 3 is 1.27 bits per heavy atom. The molecule has 6 N–H and O–H groups in total. The molecule has 0 radical (unpaired) electrons. The molecular weight excluding hydrogens is 551 g/mol. The van der Waals surface area contributed by atoms with Crippen LogP contribution in [0.2, 0.25) is 10.0 Å². The molecule has 204 valence electrons. The third-order valence-corrected chi connectivity index (χ3v) is 7.62. The van der Waals surface area contributed by atoms with Crippen molar-refractivity contribution in [3.8, 4) is 11.5 Å². The van der Waals surface area contributed by atoms with E-state index in [1.54, 1.807) is 72.8 Å². The van der Waals surface area contributed by atoms with Crippen LogP contribution in [0, 0.1) is 0 Å². The van der Waals surface area contributed by atoms with Crippen molar-refractivity contribution in [3.05, 3.63) is 117 Å². The summed E-state index contributed by atoms with van der Waals surface area (Å²) in [6.07, 6.45) is 0. The van der Waals surface area contributed by atoms with Gasteiger partial charge >= 0.3 is 12.1 Å². The first-order valence-electron chi connectivity index (χ1n) is 12.4. The summed E-state index contributed by atoms with van der Waals surface area (Å²) in [6, 6.07) is 23.7. The molecule has 0 spiro atoms. The number of fused-ring (bicyclic) bond motifs is 2. The van der Waals surface area contributed by atoms with Gasteiger partial charge in [0.25, 0.3) is 0 Å². The van der Waals surface area contributed by atoms with Crippen LogP contribution in [0.3, 0.4) is 0 Å². The van der Waals surface area contributed by atoms with Gasteiger partial charge in [0.1, 0.15) is 11.5 Å². The summed E-state index contributed by atoms with van der Waals surface area (Å²) in [4.78, 5) is 23.7. The Bertz CT molecular complexity index is 1490. The third-order valence-electron chi connectivity index (χ3n) is 7.15. The predicted octanol–water partition coefficient (Wildman–Crippen LogP) is 6.89. The zero-order valence-corrected chi connectivity index (χ0v) is 23.1. The van der Waals surface area contributed by atoms with Gasteiger partial charge in [0.15, 0.2) is 0 Å². The highest BCUT2D eigenvalue weighted by Gasteiger charge is 2.38. The summed E-state index contributed by atoms with van der Waals surface area (Å²) in [5.74, 6) is 0.368. The van der Waals surface area contributed by atoms with E-state index in [-0.39, 0.29) is 23.6 Å². The Morgan fingerprint density at radius 1 is 0.575 bits per heavy atom. The molecule has 2 aliphatic heterocycles. The molecule has 4 aromatic carbocycles. The molecule has 2 aliphatic rings. The first-order chi connectivity index (χ1) is 19.0. The van der Waals surface area contributed by atoms with Crippen LogP contribution in [-0.2, 0) is 11.1 Å². The van der Waals surface area contributed by atoms with E-state index in [2.05, 4.69) is 21.3 Å². The number of rotatable bonds is 2. The minimum atomic E-state index is -0.698. The highest BCUT2D eigenvalue weighted by Crippen LogP contribution is 2.40. The molecule has 6 rings (SSSR count). The van der Waals surface area contributed by atoms with E-state index in [1.165, 1.54) is 0 Å². The number of carbonyl (C=O) groups excluding carboxylic acids is 2. The number of amides is 4. The molecule has 2 heterocycles. The molecule has 0 unspecified atom stereocenters. The first-order valence-corrected chi connectivity index (χ1v) is 13.1. The van der Waals surface area contributed by atoms with Crippen molar-refractivity contribution in [1.82, 2.24) is 10.6 Å². The molecule has 4 aromatic rings. The zero-order valence-electron chi connectivity index (χ0n) is 21.5. The molecule has 2 atom stereocenters. The quantitative estimate of drug-likeness (QED) is 0.155. The number of benzene rings is 4. The first kappa shape index (κ1) is 27.2. The van der Waals surface area contributed by atoms with Crippen LogP contribution in [0.25, 0.3) is 0 Å². The Labute approximate surface area is 241 Å². The van der Waals surface area contributed by atoms with E-state index >= 15 is 0 Å². The summed E-state index contributed by atoms with van der Waals surface area (Å²) < 4.78 is 0. The van der Waals surface area contributed by atoms with Gasteiger partial charge in [0, 0.05) is 32.5 Å². The molecule has 4 amide bonds. The van der Waals surface area contributed by atoms with Crippen molar-refractivity contribution >= 4 is 46.6 Å². The third kappa shape index (κ3) is 5.11. The lowest BCUT2D eigenvalue weighted by molar-refractivity contribution is 0.241. The molecule has 0 bridgehead atoms. The molecule has 8 nitrogen and oxygen atoms in total. The largest absolute Gasteiger partial charge is 0.508 e. The predicted molar refractivity (Wildman–Crippen MR) is 156 cm³/mol. The van der Waals surface area contributed by atoms with Gasteiger partial charge in [-0.3, -0.25) is 0 Å². The lowest BCUT2D eigenvalue weighted by Gasteiger charge is -2.37. The van der Waals surface area contributed by atoms with Gasteiger partial charge in [-0.15, -0.1) is 0 Å². The van der Waals surface area contributed by atoms with Crippen LogP contribution >= 0.6 is 23.2 Å². The van der Waals surface area contributed by atoms with Crippen LogP contribution in [0.15, 0.2) is 84.9 Å². The smallest absolute Gasteiger partial charge is 0.320 e. The minimum Gasteiger partial charge on any atom is -0.508 e. The van der Waals surface area contributed by atoms with E-state index in [9.17, 15) is 19.8 Å².